The van der Waals surface area contributed by atoms with E-state index in [1.54, 1.807) is 6.92 Å². The molecule has 1 rings (SSSR count). The van der Waals surface area contributed by atoms with Gasteiger partial charge in [-0.25, -0.2) is 9.18 Å². The van der Waals surface area contributed by atoms with Crippen LogP contribution in [-0.2, 0) is 0 Å². The molecule has 0 fully saturated rings. The van der Waals surface area contributed by atoms with Crippen molar-refractivity contribution in [3.8, 4) is 0 Å². The monoisotopic (exact) mass is 374 g/mol. The predicted octanol–water partition coefficient (Wildman–Crippen LogP) is 5.26. The van der Waals surface area contributed by atoms with Crippen molar-refractivity contribution in [2.45, 2.75) is 39.9 Å². The van der Waals surface area contributed by atoms with Gasteiger partial charge in [0.15, 0.2) is 0 Å². The minimum Gasteiger partial charge on any atom is -0.506 e. The van der Waals surface area contributed by atoms with Crippen molar-refractivity contribution in [1.29, 1.82) is 0 Å². The number of nitrogens with zero attached hydrogens (tertiary/aromatic N) is 1. The third-order valence-electron chi connectivity index (χ3n) is 3.74. The van der Waals surface area contributed by atoms with Crippen LogP contribution in [0.2, 0.25) is 0 Å². The molecule has 2 atom stereocenters. The number of urea groups is 1. The molecule has 0 radical (unpaired) electrons. The quantitative estimate of drug-likeness (QED) is 0.402. The first-order valence-electron chi connectivity index (χ1n) is 7.94. The van der Waals surface area contributed by atoms with Crippen LogP contribution in [0.4, 0.5) is 22.4 Å². The number of aliphatic hydroxyl groups is 1. The van der Waals surface area contributed by atoms with Crippen LogP contribution in [0.25, 0.3) is 0 Å². The van der Waals surface area contributed by atoms with Gasteiger partial charge >= 0.3 is 12.2 Å². The summed E-state index contributed by atoms with van der Waals surface area (Å²) in [6.45, 7) is 5.23. The van der Waals surface area contributed by atoms with E-state index in [2.05, 4.69) is 5.32 Å². The second kappa shape index (κ2) is 8.73. The lowest BCUT2D eigenvalue weighted by Gasteiger charge is -2.31. The van der Waals surface area contributed by atoms with E-state index in [4.69, 9.17) is 0 Å². The number of nitrogens with one attached hydrogen (secondary N) is 1. The van der Waals surface area contributed by atoms with Gasteiger partial charge in [-0.1, -0.05) is 25.2 Å². The largest absolute Gasteiger partial charge is 0.506 e. The molecule has 0 aromatic rings. The standard InChI is InChI=1S/C18H22F4N2O2/c1-5-16(25)15(10-11(2)18(20,21)22)24-12(3)8-6-7-9-14(19)13(4)23-17(24)26/h5-12,25H,1-4H3,(H,23,26)/b8-6+,9-7-,14-13-,15-10+,16-5+. The lowest BCUT2D eigenvalue weighted by molar-refractivity contribution is -0.156. The molecule has 0 aromatic heterocycles. The topological polar surface area (TPSA) is 52.6 Å². The second-order valence-corrected chi connectivity index (χ2v) is 5.81. The van der Waals surface area contributed by atoms with E-state index in [-0.39, 0.29) is 11.4 Å². The summed E-state index contributed by atoms with van der Waals surface area (Å²) in [4.78, 5) is 13.5. The van der Waals surface area contributed by atoms with Gasteiger partial charge in [-0.15, -0.1) is 0 Å². The first kappa shape index (κ1) is 21.5. The Morgan fingerprint density at radius 2 is 2.00 bits per heavy atom. The Morgan fingerprint density at radius 3 is 2.54 bits per heavy atom. The maximum Gasteiger partial charge on any atom is 0.394 e. The highest BCUT2D eigenvalue weighted by Crippen LogP contribution is 2.30. The number of hydrogen-bond acceptors (Lipinski definition) is 2. The number of rotatable bonds is 3. The van der Waals surface area contributed by atoms with Gasteiger partial charge in [-0.3, -0.25) is 4.90 Å². The number of alkyl halides is 3. The molecule has 0 bridgehead atoms. The van der Waals surface area contributed by atoms with Crippen LogP contribution in [0.5, 0.6) is 0 Å². The van der Waals surface area contributed by atoms with E-state index in [0.29, 0.717) is 0 Å². The van der Waals surface area contributed by atoms with Crippen LogP contribution in [0.1, 0.15) is 27.7 Å². The minimum absolute atomic E-state index is 0.0954. The molecule has 144 valence electrons. The van der Waals surface area contributed by atoms with E-state index in [9.17, 15) is 27.5 Å². The summed E-state index contributed by atoms with van der Waals surface area (Å²) < 4.78 is 52.7. The van der Waals surface area contributed by atoms with Gasteiger partial charge in [-0.2, -0.15) is 13.2 Å². The number of hydrogen-bond donors (Lipinski definition) is 2. The van der Waals surface area contributed by atoms with Crippen molar-refractivity contribution in [3.63, 3.8) is 0 Å². The average Bonchev–Trinajstić information content (AvgIpc) is 2.55. The molecule has 2 unspecified atom stereocenters. The third kappa shape index (κ3) is 5.50. The summed E-state index contributed by atoms with van der Waals surface area (Å²) in [5, 5.41) is 12.4. The molecule has 0 saturated heterocycles. The smallest absolute Gasteiger partial charge is 0.394 e. The highest BCUT2D eigenvalue weighted by Gasteiger charge is 2.36. The van der Waals surface area contributed by atoms with Gasteiger partial charge in [0.2, 0.25) is 0 Å². The number of carbonyl (C=O) groups is 1. The van der Waals surface area contributed by atoms with Crippen LogP contribution in [0.3, 0.4) is 0 Å². The first-order chi connectivity index (χ1) is 12.0. The zero-order valence-electron chi connectivity index (χ0n) is 14.9. The molecule has 2 amide bonds. The molecule has 1 aliphatic rings. The fourth-order valence-corrected chi connectivity index (χ4v) is 2.14. The Labute approximate surface area is 149 Å². The molecule has 8 heteroatoms. The molecule has 2 N–H and O–H groups in total. The normalized spacial score (nSPS) is 27.0. The fourth-order valence-electron chi connectivity index (χ4n) is 2.14. The van der Waals surface area contributed by atoms with Crippen molar-refractivity contribution in [3.05, 3.63) is 59.4 Å². The lowest BCUT2D eigenvalue weighted by atomic mass is 10.1. The highest BCUT2D eigenvalue weighted by molar-refractivity contribution is 5.79. The van der Waals surface area contributed by atoms with Crippen molar-refractivity contribution in [2.24, 2.45) is 5.92 Å². The summed E-state index contributed by atoms with van der Waals surface area (Å²) in [6, 6.07) is -1.57. The molecule has 0 saturated carbocycles. The number of amides is 2. The van der Waals surface area contributed by atoms with Crippen LogP contribution >= 0.6 is 0 Å². The number of allylic oxidation sites excluding steroid dienone is 7. The lowest BCUT2D eigenvalue weighted by Crippen LogP contribution is -2.44. The number of halogens is 4. The molecule has 0 spiro atoms. The Morgan fingerprint density at radius 1 is 1.38 bits per heavy atom. The molecule has 1 aliphatic heterocycles. The molecule has 1 heterocycles. The SMILES string of the molecule is C/C=C(O)\C(=C/C(C)C(F)(F)F)N1C(=O)N/C(C)=C(F)/C=C\C=C\C1C. The third-order valence-corrected chi connectivity index (χ3v) is 3.74. The van der Waals surface area contributed by atoms with Crippen molar-refractivity contribution in [2.75, 3.05) is 0 Å². The van der Waals surface area contributed by atoms with Crippen molar-refractivity contribution >= 4 is 6.03 Å². The van der Waals surface area contributed by atoms with Crippen molar-refractivity contribution < 1.29 is 27.5 Å². The zero-order chi connectivity index (χ0) is 20.1. The van der Waals surface area contributed by atoms with E-state index in [1.165, 1.54) is 38.2 Å². The van der Waals surface area contributed by atoms with Crippen LogP contribution < -0.4 is 5.32 Å². The molecular formula is C18H22F4N2O2. The molecule has 4 nitrogen and oxygen atoms in total. The summed E-state index contributed by atoms with van der Waals surface area (Å²) in [6.07, 6.45) is 2.93. The summed E-state index contributed by atoms with van der Waals surface area (Å²) in [7, 11) is 0. The van der Waals surface area contributed by atoms with Crippen LogP contribution in [0.15, 0.2) is 59.4 Å². The molecule has 0 aromatic carbocycles. The minimum atomic E-state index is -4.55. The maximum atomic E-state index is 13.8. The first-order valence-corrected chi connectivity index (χ1v) is 7.94. The van der Waals surface area contributed by atoms with Gasteiger partial charge in [0.1, 0.15) is 11.6 Å². The summed E-state index contributed by atoms with van der Waals surface area (Å²) in [5.74, 6) is -3.10. The van der Waals surface area contributed by atoms with Gasteiger partial charge in [0.05, 0.1) is 23.4 Å². The Hall–Kier alpha value is -2.51. The maximum absolute atomic E-state index is 13.8. The van der Waals surface area contributed by atoms with Gasteiger partial charge in [0, 0.05) is 0 Å². The Balaban J connectivity index is 3.50. The van der Waals surface area contributed by atoms with E-state index in [1.807, 2.05) is 0 Å². The number of aliphatic hydroxyl groups excluding tert-OH is 1. The summed E-state index contributed by atoms with van der Waals surface area (Å²) in [5.41, 5.74) is -0.410. The highest BCUT2D eigenvalue weighted by atomic mass is 19.4. The van der Waals surface area contributed by atoms with E-state index >= 15 is 0 Å². The molecular weight excluding hydrogens is 352 g/mol. The summed E-state index contributed by atoms with van der Waals surface area (Å²) >= 11 is 0. The van der Waals surface area contributed by atoms with Gasteiger partial charge in [0.25, 0.3) is 0 Å². The Bertz CT molecular complexity index is 688. The van der Waals surface area contributed by atoms with E-state index < -0.39 is 35.8 Å². The van der Waals surface area contributed by atoms with Gasteiger partial charge in [-0.05, 0) is 39.0 Å². The molecule has 0 aliphatic carbocycles. The molecule has 26 heavy (non-hydrogen) atoms. The van der Waals surface area contributed by atoms with Crippen LogP contribution in [0, 0.1) is 5.92 Å². The predicted molar refractivity (Wildman–Crippen MR) is 91.6 cm³/mol. The van der Waals surface area contributed by atoms with E-state index in [0.717, 1.165) is 24.0 Å². The van der Waals surface area contributed by atoms with Crippen molar-refractivity contribution in [1.82, 2.24) is 10.2 Å². The number of carbonyl (C=O) groups excluding carboxylic acids is 1. The van der Waals surface area contributed by atoms with Gasteiger partial charge < -0.3 is 10.4 Å². The zero-order valence-corrected chi connectivity index (χ0v) is 14.9. The fraction of sp³-hybridized carbons (Fsp3) is 0.389. The van der Waals surface area contributed by atoms with Crippen LogP contribution in [-0.4, -0.2) is 28.3 Å². The average molecular weight is 374 g/mol. The second-order valence-electron chi connectivity index (χ2n) is 5.81. The Kier molecular flexibility index (Phi) is 7.23.